The third kappa shape index (κ3) is 6.01. The van der Waals surface area contributed by atoms with Gasteiger partial charge in [0.25, 0.3) is 11.8 Å². The number of methoxy groups -OCH3 is 2. The zero-order chi connectivity index (χ0) is 20.5. The summed E-state index contributed by atoms with van der Waals surface area (Å²) in [6.07, 6.45) is 1.76. The van der Waals surface area contributed by atoms with E-state index >= 15 is 0 Å². The van der Waals surface area contributed by atoms with E-state index in [4.69, 9.17) is 14.2 Å². The first-order valence-electron chi connectivity index (χ1n) is 8.35. The highest BCUT2D eigenvalue weighted by molar-refractivity contribution is 5.93. The molecule has 0 aliphatic rings. The minimum Gasteiger partial charge on any atom is -0.497 e. The average molecular weight is 388 g/mol. The minimum absolute atomic E-state index is 0.0525. The Bertz CT molecular complexity index is 847. The molecule has 2 aromatic rings. The number of benzene rings is 2. The fourth-order valence-corrected chi connectivity index (χ4v) is 2.15. The van der Waals surface area contributed by atoms with E-state index in [-0.39, 0.29) is 5.75 Å². The van der Waals surface area contributed by atoms with Crippen LogP contribution in [0.2, 0.25) is 0 Å². The van der Waals surface area contributed by atoms with Crippen molar-refractivity contribution in [3.8, 4) is 17.2 Å². The van der Waals surface area contributed by atoms with E-state index < -0.39 is 23.7 Å². The van der Waals surface area contributed by atoms with Crippen LogP contribution in [0.1, 0.15) is 12.5 Å². The first-order valence-corrected chi connectivity index (χ1v) is 8.35. The van der Waals surface area contributed by atoms with Crippen LogP contribution >= 0.6 is 0 Å². The van der Waals surface area contributed by atoms with Crippen molar-refractivity contribution in [2.24, 2.45) is 0 Å². The fraction of sp³-hybridized carbons (Fsp3) is 0.200. The minimum atomic E-state index is -1.01. The van der Waals surface area contributed by atoms with Crippen molar-refractivity contribution in [3.05, 3.63) is 59.9 Å². The van der Waals surface area contributed by atoms with E-state index in [1.165, 1.54) is 51.5 Å². The molecule has 0 spiro atoms. The zero-order valence-electron chi connectivity index (χ0n) is 15.7. The Morgan fingerprint density at radius 2 is 1.68 bits per heavy atom. The number of carbonyl (C=O) groups excluding carboxylic acids is 2. The van der Waals surface area contributed by atoms with Crippen LogP contribution in [0.3, 0.4) is 0 Å². The van der Waals surface area contributed by atoms with Gasteiger partial charge in [-0.2, -0.15) is 0 Å². The highest BCUT2D eigenvalue weighted by atomic mass is 19.1. The molecule has 2 aromatic carbocycles. The summed E-state index contributed by atoms with van der Waals surface area (Å²) in [5, 5.41) is 0. The lowest BCUT2D eigenvalue weighted by Gasteiger charge is -2.15. The van der Waals surface area contributed by atoms with Gasteiger partial charge in [0.1, 0.15) is 11.5 Å². The largest absolute Gasteiger partial charge is 0.497 e. The van der Waals surface area contributed by atoms with Crippen LogP contribution in [0.4, 0.5) is 4.39 Å². The molecule has 0 saturated heterocycles. The summed E-state index contributed by atoms with van der Waals surface area (Å²) in [5.41, 5.74) is 5.12. The molecule has 1 atom stereocenters. The molecule has 0 aliphatic heterocycles. The van der Waals surface area contributed by atoms with Gasteiger partial charge < -0.3 is 14.2 Å². The van der Waals surface area contributed by atoms with Crippen LogP contribution in [0, 0.1) is 5.82 Å². The second-order valence-electron chi connectivity index (χ2n) is 5.65. The van der Waals surface area contributed by atoms with Crippen molar-refractivity contribution in [1.29, 1.82) is 0 Å². The molecule has 7 nitrogen and oxygen atoms in total. The van der Waals surface area contributed by atoms with Gasteiger partial charge in [0.2, 0.25) is 0 Å². The van der Waals surface area contributed by atoms with Crippen molar-refractivity contribution >= 4 is 17.9 Å². The number of hydrazine groups is 1. The third-order valence-electron chi connectivity index (χ3n) is 3.62. The van der Waals surface area contributed by atoms with Crippen molar-refractivity contribution < 1.29 is 28.2 Å². The van der Waals surface area contributed by atoms with Crippen LogP contribution in [0.5, 0.6) is 17.2 Å². The van der Waals surface area contributed by atoms with Gasteiger partial charge in [-0.05, 0) is 42.8 Å². The van der Waals surface area contributed by atoms with Crippen molar-refractivity contribution in [3.63, 3.8) is 0 Å². The SMILES string of the molecule is COc1cc(/C=C/C(=O)NNC(=O)[C@@H](C)Oc2ccccc2F)cc(OC)c1. The Morgan fingerprint density at radius 1 is 1.04 bits per heavy atom. The van der Waals surface area contributed by atoms with Gasteiger partial charge in [-0.25, -0.2) is 4.39 Å². The van der Waals surface area contributed by atoms with Crippen molar-refractivity contribution in [2.45, 2.75) is 13.0 Å². The molecule has 0 saturated carbocycles. The molecule has 0 heterocycles. The number of halogens is 1. The number of ether oxygens (including phenoxy) is 3. The first-order chi connectivity index (χ1) is 13.4. The fourth-order valence-electron chi connectivity index (χ4n) is 2.15. The molecule has 0 unspecified atom stereocenters. The number of amides is 2. The smallest absolute Gasteiger partial charge is 0.279 e. The maximum atomic E-state index is 13.5. The van der Waals surface area contributed by atoms with E-state index in [1.54, 1.807) is 24.3 Å². The molecule has 0 fully saturated rings. The highest BCUT2D eigenvalue weighted by Gasteiger charge is 2.16. The molecule has 2 rings (SSSR count). The summed E-state index contributed by atoms with van der Waals surface area (Å²) in [6, 6.07) is 10.9. The summed E-state index contributed by atoms with van der Waals surface area (Å²) in [6.45, 7) is 1.44. The molecule has 0 radical (unpaired) electrons. The van der Waals surface area contributed by atoms with Gasteiger partial charge >= 0.3 is 0 Å². The Hall–Kier alpha value is -3.55. The number of hydrogen-bond acceptors (Lipinski definition) is 5. The molecule has 0 aromatic heterocycles. The van der Waals surface area contributed by atoms with Gasteiger partial charge in [-0.15, -0.1) is 0 Å². The normalized spacial score (nSPS) is 11.6. The molecule has 2 N–H and O–H groups in total. The lowest BCUT2D eigenvalue weighted by molar-refractivity contribution is -0.131. The molecule has 2 amide bonds. The Morgan fingerprint density at radius 3 is 2.29 bits per heavy atom. The third-order valence-corrected chi connectivity index (χ3v) is 3.62. The van der Waals surface area contributed by atoms with Crippen LogP contribution in [-0.4, -0.2) is 32.1 Å². The zero-order valence-corrected chi connectivity index (χ0v) is 15.7. The van der Waals surface area contributed by atoms with Gasteiger partial charge in [0.05, 0.1) is 14.2 Å². The summed E-state index contributed by atoms with van der Waals surface area (Å²) >= 11 is 0. The summed E-state index contributed by atoms with van der Waals surface area (Å²) < 4.78 is 29.1. The highest BCUT2D eigenvalue weighted by Crippen LogP contribution is 2.23. The lowest BCUT2D eigenvalue weighted by atomic mass is 10.2. The summed E-state index contributed by atoms with van der Waals surface area (Å²) in [7, 11) is 3.05. The van der Waals surface area contributed by atoms with Crippen LogP contribution < -0.4 is 25.1 Å². The first kappa shape index (κ1) is 20.8. The maximum Gasteiger partial charge on any atom is 0.279 e. The number of carbonyl (C=O) groups is 2. The maximum absolute atomic E-state index is 13.5. The Labute approximate surface area is 162 Å². The Balaban J connectivity index is 1.88. The van der Waals surface area contributed by atoms with Crippen molar-refractivity contribution in [1.82, 2.24) is 10.9 Å². The molecular weight excluding hydrogens is 367 g/mol. The lowest BCUT2D eigenvalue weighted by Crippen LogP contribution is -2.46. The predicted molar refractivity (Wildman–Crippen MR) is 101 cm³/mol. The molecule has 0 aliphatic carbocycles. The molecule has 28 heavy (non-hydrogen) atoms. The van der Waals surface area contributed by atoms with E-state index in [0.717, 1.165) is 0 Å². The second kappa shape index (κ2) is 9.96. The quantitative estimate of drug-likeness (QED) is 0.562. The van der Waals surface area contributed by atoms with Gasteiger partial charge in [-0.1, -0.05) is 12.1 Å². The molecule has 8 heteroatoms. The van der Waals surface area contributed by atoms with Gasteiger partial charge in [0.15, 0.2) is 17.7 Å². The number of nitrogens with one attached hydrogen (secondary N) is 2. The predicted octanol–water partition coefficient (Wildman–Crippen LogP) is 2.47. The standard InChI is InChI=1S/C20H21FN2O5/c1-13(28-18-7-5-4-6-17(18)21)20(25)23-22-19(24)9-8-14-10-15(26-2)12-16(11-14)27-3/h4-13H,1-3H3,(H,22,24)(H,23,25)/b9-8+/t13-/m1/s1. The van der Waals surface area contributed by atoms with Crippen LogP contribution in [0.15, 0.2) is 48.5 Å². The van der Waals surface area contributed by atoms with E-state index in [9.17, 15) is 14.0 Å². The van der Waals surface area contributed by atoms with Crippen molar-refractivity contribution in [2.75, 3.05) is 14.2 Å². The second-order valence-corrected chi connectivity index (χ2v) is 5.65. The summed E-state index contributed by atoms with van der Waals surface area (Å²) in [4.78, 5) is 23.9. The topological polar surface area (TPSA) is 85.9 Å². The molecule has 148 valence electrons. The van der Waals surface area contributed by atoms with Crippen LogP contribution in [-0.2, 0) is 9.59 Å². The summed E-state index contributed by atoms with van der Waals surface area (Å²) in [5.74, 6) is -0.675. The average Bonchev–Trinajstić information content (AvgIpc) is 2.71. The van der Waals surface area contributed by atoms with E-state index in [2.05, 4.69) is 10.9 Å². The van der Waals surface area contributed by atoms with E-state index in [1.807, 2.05) is 0 Å². The molecular formula is C20H21FN2O5. The van der Waals surface area contributed by atoms with Crippen LogP contribution in [0.25, 0.3) is 6.08 Å². The van der Waals surface area contributed by atoms with Gasteiger partial charge in [0, 0.05) is 12.1 Å². The number of rotatable bonds is 7. The van der Waals surface area contributed by atoms with E-state index in [0.29, 0.717) is 17.1 Å². The number of hydrogen-bond donors (Lipinski definition) is 2. The number of para-hydroxylation sites is 1. The molecule has 0 bridgehead atoms. The van der Waals surface area contributed by atoms with Gasteiger partial charge in [-0.3, -0.25) is 20.4 Å². The monoisotopic (exact) mass is 388 g/mol. The Kier molecular flexibility index (Phi) is 7.38.